The summed E-state index contributed by atoms with van der Waals surface area (Å²) >= 11 is 0. The quantitative estimate of drug-likeness (QED) is 0.676. The van der Waals surface area contributed by atoms with Crippen molar-refractivity contribution in [3.63, 3.8) is 0 Å². The average molecular weight is 322 g/mol. The first-order valence-corrected chi connectivity index (χ1v) is 7.82. The molecule has 1 unspecified atom stereocenters. The normalized spacial score (nSPS) is 30.0. The molecule has 2 heterocycles. The smallest absolute Gasteiger partial charge is 0.293 e. The number of morpholine rings is 1. The molecule has 1 fully saturated rings. The highest BCUT2D eigenvalue weighted by atomic mass is 16.6. The van der Waals surface area contributed by atoms with Gasteiger partial charge in [0.1, 0.15) is 17.0 Å². The molecule has 2 aliphatic heterocycles. The van der Waals surface area contributed by atoms with Gasteiger partial charge in [-0.05, 0) is 20.8 Å². The molecule has 1 N–H and O–H groups in total. The van der Waals surface area contributed by atoms with E-state index in [0.29, 0.717) is 31.0 Å². The topological polar surface area (TPSA) is 85.1 Å². The Morgan fingerprint density at radius 2 is 2.22 bits per heavy atom. The van der Waals surface area contributed by atoms with Crippen LogP contribution in [-0.2, 0) is 11.2 Å². The predicted molar refractivity (Wildman–Crippen MR) is 85.1 cm³/mol. The lowest BCUT2D eigenvalue weighted by Gasteiger charge is -2.38. The molecular weight excluding hydrogens is 300 g/mol. The molecule has 7 nitrogen and oxygen atoms in total. The van der Waals surface area contributed by atoms with E-state index in [1.165, 1.54) is 0 Å². The Bertz CT molecular complexity index is 635. The van der Waals surface area contributed by atoms with Crippen molar-refractivity contribution in [3.05, 3.63) is 27.8 Å². The van der Waals surface area contributed by atoms with Crippen LogP contribution < -0.4 is 9.64 Å². The molecule has 1 aromatic carbocycles. The molecule has 0 bridgehead atoms. The Morgan fingerprint density at radius 1 is 1.48 bits per heavy atom. The van der Waals surface area contributed by atoms with E-state index in [9.17, 15) is 15.2 Å². The largest absolute Gasteiger partial charge is 0.484 e. The molecule has 0 aliphatic carbocycles. The molecule has 2 aliphatic rings. The Kier molecular flexibility index (Phi) is 3.93. The Balaban J connectivity index is 2.04. The molecule has 3 rings (SSSR count). The molecule has 0 spiro atoms. The molecule has 0 radical (unpaired) electrons. The van der Waals surface area contributed by atoms with Crippen LogP contribution >= 0.6 is 0 Å². The summed E-state index contributed by atoms with van der Waals surface area (Å²) in [6.45, 7) is 6.75. The number of anilines is 1. The van der Waals surface area contributed by atoms with Gasteiger partial charge in [-0.15, -0.1) is 0 Å². The van der Waals surface area contributed by atoms with Crippen molar-refractivity contribution < 1.29 is 19.5 Å². The monoisotopic (exact) mass is 322 g/mol. The van der Waals surface area contributed by atoms with Gasteiger partial charge >= 0.3 is 0 Å². The first-order chi connectivity index (χ1) is 10.8. The van der Waals surface area contributed by atoms with E-state index in [1.54, 1.807) is 19.1 Å². The van der Waals surface area contributed by atoms with Crippen LogP contribution in [0.4, 0.5) is 11.4 Å². The number of nitro benzene ring substituents is 1. The van der Waals surface area contributed by atoms with Crippen molar-refractivity contribution >= 4 is 11.4 Å². The number of nitro groups is 1. The highest BCUT2D eigenvalue weighted by molar-refractivity contribution is 5.69. The summed E-state index contributed by atoms with van der Waals surface area (Å²) in [4.78, 5) is 13.2. The number of ether oxygens (including phenoxy) is 2. The summed E-state index contributed by atoms with van der Waals surface area (Å²) in [6.07, 6.45) is 0.484. The van der Waals surface area contributed by atoms with Crippen molar-refractivity contribution in [3.8, 4) is 5.75 Å². The number of nitrogens with zero attached hydrogens (tertiary/aromatic N) is 2. The van der Waals surface area contributed by atoms with Gasteiger partial charge in [0.15, 0.2) is 0 Å². The number of fused-ring (bicyclic) bond motifs is 1. The second-order valence-corrected chi connectivity index (χ2v) is 6.74. The van der Waals surface area contributed by atoms with Crippen molar-refractivity contribution in [2.45, 2.75) is 44.9 Å². The molecule has 7 heteroatoms. The molecule has 0 saturated carbocycles. The van der Waals surface area contributed by atoms with Gasteiger partial charge in [0.2, 0.25) is 0 Å². The van der Waals surface area contributed by atoms with Crippen LogP contribution in [0.1, 0.15) is 26.3 Å². The standard InChI is InChI=1S/C16H22N2O5/c1-10-8-22-11(2)7-17(10)13-5-15-12(4-14(13)18(20)21)6-16(3,9-19)23-15/h4-5,10-11,19H,6-9H2,1-3H3/t10-,11-,16?/m0/s1. The molecular formula is C16H22N2O5. The summed E-state index contributed by atoms with van der Waals surface area (Å²) in [6, 6.07) is 3.37. The van der Waals surface area contributed by atoms with Crippen molar-refractivity contribution in [1.29, 1.82) is 0 Å². The van der Waals surface area contributed by atoms with Crippen molar-refractivity contribution in [1.82, 2.24) is 0 Å². The lowest BCUT2D eigenvalue weighted by Crippen LogP contribution is -2.47. The zero-order valence-electron chi connectivity index (χ0n) is 13.6. The fourth-order valence-electron chi connectivity index (χ4n) is 3.24. The van der Waals surface area contributed by atoms with Crippen LogP contribution in [0.25, 0.3) is 0 Å². The summed E-state index contributed by atoms with van der Waals surface area (Å²) in [5, 5.41) is 21.0. The third-order valence-electron chi connectivity index (χ3n) is 4.53. The molecule has 0 amide bonds. The van der Waals surface area contributed by atoms with E-state index in [2.05, 4.69) is 0 Å². The van der Waals surface area contributed by atoms with Gasteiger partial charge in [-0.2, -0.15) is 0 Å². The maximum Gasteiger partial charge on any atom is 0.293 e. The predicted octanol–water partition coefficient (Wildman–Crippen LogP) is 1.89. The molecule has 3 atom stereocenters. The average Bonchev–Trinajstić information content (AvgIpc) is 2.84. The lowest BCUT2D eigenvalue weighted by molar-refractivity contribution is -0.384. The maximum atomic E-state index is 11.5. The van der Waals surface area contributed by atoms with E-state index in [4.69, 9.17) is 9.47 Å². The number of benzene rings is 1. The summed E-state index contributed by atoms with van der Waals surface area (Å²) < 4.78 is 11.5. The number of hydrogen-bond acceptors (Lipinski definition) is 6. The van der Waals surface area contributed by atoms with Crippen LogP contribution in [0.5, 0.6) is 5.75 Å². The molecule has 0 aromatic heterocycles. The summed E-state index contributed by atoms with van der Waals surface area (Å²) in [7, 11) is 0. The first-order valence-electron chi connectivity index (χ1n) is 7.82. The fraction of sp³-hybridized carbons (Fsp3) is 0.625. The van der Waals surface area contributed by atoms with Crippen LogP contribution in [0, 0.1) is 10.1 Å². The van der Waals surface area contributed by atoms with Crippen LogP contribution in [0.15, 0.2) is 12.1 Å². The number of hydrogen-bond donors (Lipinski definition) is 1. The Morgan fingerprint density at radius 3 is 2.87 bits per heavy atom. The van der Waals surface area contributed by atoms with Gasteiger partial charge in [-0.1, -0.05) is 0 Å². The number of aliphatic hydroxyl groups is 1. The Hall–Kier alpha value is -1.86. The molecule has 126 valence electrons. The maximum absolute atomic E-state index is 11.5. The van der Waals surface area contributed by atoms with E-state index in [0.717, 1.165) is 5.56 Å². The van der Waals surface area contributed by atoms with E-state index in [-0.39, 0.29) is 29.4 Å². The van der Waals surface area contributed by atoms with Crippen LogP contribution in [0.2, 0.25) is 0 Å². The van der Waals surface area contributed by atoms with Gasteiger partial charge in [0.25, 0.3) is 5.69 Å². The zero-order valence-corrected chi connectivity index (χ0v) is 13.6. The number of rotatable bonds is 3. The second kappa shape index (κ2) is 5.65. The van der Waals surface area contributed by atoms with E-state index in [1.807, 2.05) is 18.7 Å². The SMILES string of the molecule is C[C@H]1CN(c2cc3c(cc2[N+](=O)[O-])CC(C)(CO)O3)[C@@H](C)CO1. The molecule has 23 heavy (non-hydrogen) atoms. The number of aliphatic hydroxyl groups excluding tert-OH is 1. The minimum atomic E-state index is -0.710. The van der Waals surface area contributed by atoms with Gasteiger partial charge in [0, 0.05) is 36.7 Å². The molecule has 1 aromatic rings. The fourth-order valence-corrected chi connectivity index (χ4v) is 3.24. The Labute approximate surface area is 135 Å². The van der Waals surface area contributed by atoms with Crippen LogP contribution in [0.3, 0.4) is 0 Å². The van der Waals surface area contributed by atoms with Crippen LogP contribution in [-0.4, -0.2) is 47.5 Å². The van der Waals surface area contributed by atoms with E-state index >= 15 is 0 Å². The second-order valence-electron chi connectivity index (χ2n) is 6.74. The lowest BCUT2D eigenvalue weighted by atomic mass is 9.99. The van der Waals surface area contributed by atoms with Gasteiger partial charge in [0.05, 0.1) is 24.2 Å². The summed E-state index contributed by atoms with van der Waals surface area (Å²) in [5.74, 6) is 0.619. The highest BCUT2D eigenvalue weighted by Crippen LogP contribution is 2.43. The van der Waals surface area contributed by atoms with Crippen molar-refractivity contribution in [2.24, 2.45) is 0 Å². The van der Waals surface area contributed by atoms with Crippen molar-refractivity contribution in [2.75, 3.05) is 24.7 Å². The van der Waals surface area contributed by atoms with Gasteiger partial charge in [-0.25, -0.2) is 0 Å². The minimum Gasteiger partial charge on any atom is -0.484 e. The third-order valence-corrected chi connectivity index (χ3v) is 4.53. The first kappa shape index (κ1) is 16.0. The van der Waals surface area contributed by atoms with Gasteiger partial charge < -0.3 is 19.5 Å². The molecule has 1 saturated heterocycles. The zero-order chi connectivity index (χ0) is 16.8. The third kappa shape index (κ3) is 2.86. The minimum absolute atomic E-state index is 0.0164. The highest BCUT2D eigenvalue weighted by Gasteiger charge is 2.38. The van der Waals surface area contributed by atoms with Gasteiger partial charge in [-0.3, -0.25) is 10.1 Å². The summed E-state index contributed by atoms with van der Waals surface area (Å²) in [5.41, 5.74) is 0.693. The van der Waals surface area contributed by atoms with E-state index < -0.39 is 5.60 Å².